The number of hydrogen-bond acceptors (Lipinski definition) is 1. The van der Waals surface area contributed by atoms with Gasteiger partial charge in [0.25, 0.3) is 0 Å². The fraction of sp³-hybridized carbons (Fsp3) is 0.684. The largest absolute Gasteiger partial charge is 0.313 e. The molecule has 0 unspecified atom stereocenters. The van der Waals surface area contributed by atoms with Gasteiger partial charge < -0.3 is 5.32 Å². The van der Waals surface area contributed by atoms with Crippen molar-refractivity contribution < 1.29 is 0 Å². The van der Waals surface area contributed by atoms with Crippen LogP contribution in [-0.2, 0) is 6.54 Å². The van der Waals surface area contributed by atoms with Gasteiger partial charge in [0, 0.05) is 6.54 Å². The van der Waals surface area contributed by atoms with Crippen molar-refractivity contribution in [2.45, 2.75) is 72.1 Å². The van der Waals surface area contributed by atoms with E-state index in [2.05, 4.69) is 63.1 Å². The van der Waals surface area contributed by atoms with Crippen LogP contribution >= 0.6 is 0 Å². The highest BCUT2D eigenvalue weighted by Gasteiger charge is 2.15. The van der Waals surface area contributed by atoms with E-state index in [4.69, 9.17) is 0 Å². The van der Waals surface area contributed by atoms with Gasteiger partial charge in [0.15, 0.2) is 0 Å². The third kappa shape index (κ3) is 8.42. The molecule has 0 spiro atoms. The number of rotatable bonds is 10. The van der Waals surface area contributed by atoms with Gasteiger partial charge in [0.2, 0.25) is 0 Å². The molecular weight excluding hydrogens is 270 g/mol. The second-order valence-corrected chi connectivity index (χ2v) is 12.8. The summed E-state index contributed by atoms with van der Waals surface area (Å²) in [4.78, 5) is 0. The van der Waals surface area contributed by atoms with Crippen LogP contribution in [0.4, 0.5) is 0 Å². The Balaban J connectivity index is 2.10. The van der Waals surface area contributed by atoms with E-state index in [0.29, 0.717) is 0 Å². The molecule has 0 aliphatic rings. The lowest BCUT2D eigenvalue weighted by Gasteiger charge is -2.16. The zero-order valence-corrected chi connectivity index (χ0v) is 15.8. The summed E-state index contributed by atoms with van der Waals surface area (Å²) in [5.41, 5.74) is 1.41. The van der Waals surface area contributed by atoms with Gasteiger partial charge >= 0.3 is 0 Å². The Morgan fingerprint density at radius 2 is 1.52 bits per heavy atom. The minimum atomic E-state index is -1.14. The Labute approximate surface area is 133 Å². The minimum absolute atomic E-state index is 0.863. The summed E-state index contributed by atoms with van der Waals surface area (Å²) in [7, 11) is -1.14. The molecule has 0 aliphatic carbocycles. The van der Waals surface area contributed by atoms with E-state index in [1.54, 1.807) is 5.19 Å². The number of hydrogen-bond donors (Lipinski definition) is 1. The minimum Gasteiger partial charge on any atom is -0.313 e. The van der Waals surface area contributed by atoms with Gasteiger partial charge in [-0.05, 0) is 24.4 Å². The smallest absolute Gasteiger partial charge is 0.0775 e. The summed E-state index contributed by atoms with van der Waals surface area (Å²) >= 11 is 0. The first-order chi connectivity index (χ1) is 9.89. The highest BCUT2D eigenvalue weighted by molar-refractivity contribution is 6.88. The summed E-state index contributed by atoms with van der Waals surface area (Å²) in [5.74, 6) is 0.863. The molecular formula is C19H35NSi. The molecule has 0 atom stereocenters. The lowest BCUT2D eigenvalue weighted by Crippen LogP contribution is -2.37. The normalized spacial score (nSPS) is 12.1. The fourth-order valence-electron chi connectivity index (χ4n) is 2.51. The lowest BCUT2D eigenvalue weighted by molar-refractivity contribution is 0.512. The molecule has 1 nitrogen and oxygen atoms in total. The maximum absolute atomic E-state index is 3.57. The predicted molar refractivity (Wildman–Crippen MR) is 99.1 cm³/mol. The molecule has 1 aromatic carbocycles. The Kier molecular flexibility index (Phi) is 8.28. The maximum atomic E-state index is 3.57. The predicted octanol–water partition coefficient (Wildman–Crippen LogP) is 4.93. The molecule has 1 N–H and O–H groups in total. The highest BCUT2D eigenvalue weighted by atomic mass is 28.3. The van der Waals surface area contributed by atoms with E-state index in [0.717, 1.165) is 19.0 Å². The standard InChI is InChI=1S/C19H35NSi/c1-17(2)10-8-6-7-9-15-20-16-18-11-13-19(14-12-18)21(3,4)5/h11-14,17,20H,6-10,15-16H2,1-5H3. The molecule has 2 heteroatoms. The van der Waals surface area contributed by atoms with E-state index in [1.807, 2.05) is 0 Å². The second-order valence-electron chi connectivity index (χ2n) is 7.72. The van der Waals surface area contributed by atoms with Crippen molar-refractivity contribution >= 4 is 13.3 Å². The van der Waals surface area contributed by atoms with E-state index < -0.39 is 8.07 Å². The van der Waals surface area contributed by atoms with Gasteiger partial charge in [-0.25, -0.2) is 0 Å². The van der Waals surface area contributed by atoms with Crippen LogP contribution in [-0.4, -0.2) is 14.6 Å². The topological polar surface area (TPSA) is 12.0 Å². The van der Waals surface area contributed by atoms with Gasteiger partial charge in [0.05, 0.1) is 8.07 Å². The van der Waals surface area contributed by atoms with Gasteiger partial charge in [-0.3, -0.25) is 0 Å². The summed E-state index contributed by atoms with van der Waals surface area (Å²) in [5, 5.41) is 5.12. The van der Waals surface area contributed by atoms with Crippen molar-refractivity contribution in [3.63, 3.8) is 0 Å². The third-order valence-corrected chi connectivity index (χ3v) is 6.10. The fourth-order valence-corrected chi connectivity index (χ4v) is 3.68. The average molecular weight is 306 g/mol. The van der Waals surface area contributed by atoms with Crippen LogP contribution in [0.2, 0.25) is 19.6 Å². The first kappa shape index (κ1) is 18.4. The van der Waals surface area contributed by atoms with Crippen LogP contribution in [0.25, 0.3) is 0 Å². The van der Waals surface area contributed by atoms with Crippen LogP contribution < -0.4 is 10.5 Å². The molecule has 0 saturated heterocycles. The van der Waals surface area contributed by atoms with Gasteiger partial charge in [-0.2, -0.15) is 0 Å². The molecule has 0 aromatic heterocycles. The molecule has 21 heavy (non-hydrogen) atoms. The van der Waals surface area contributed by atoms with E-state index in [9.17, 15) is 0 Å². The quantitative estimate of drug-likeness (QED) is 0.477. The third-order valence-electron chi connectivity index (χ3n) is 4.03. The van der Waals surface area contributed by atoms with Crippen molar-refractivity contribution in [1.29, 1.82) is 0 Å². The zero-order chi connectivity index (χ0) is 15.7. The van der Waals surface area contributed by atoms with Crippen molar-refractivity contribution in [2.75, 3.05) is 6.54 Å². The van der Waals surface area contributed by atoms with Crippen LogP contribution in [0.5, 0.6) is 0 Å². The molecule has 0 heterocycles. The molecule has 0 radical (unpaired) electrons. The van der Waals surface area contributed by atoms with Crippen LogP contribution in [0.1, 0.15) is 51.5 Å². The maximum Gasteiger partial charge on any atom is 0.0775 e. The van der Waals surface area contributed by atoms with E-state index in [-0.39, 0.29) is 0 Å². The van der Waals surface area contributed by atoms with Crippen molar-refractivity contribution in [3.8, 4) is 0 Å². The number of benzene rings is 1. The van der Waals surface area contributed by atoms with Gasteiger partial charge in [-0.15, -0.1) is 0 Å². The van der Waals surface area contributed by atoms with E-state index in [1.165, 1.54) is 37.7 Å². The number of unbranched alkanes of at least 4 members (excludes halogenated alkanes) is 3. The Hall–Kier alpha value is -0.603. The van der Waals surface area contributed by atoms with Gasteiger partial charge in [0.1, 0.15) is 0 Å². The molecule has 0 fully saturated rings. The van der Waals surface area contributed by atoms with Crippen LogP contribution in [0.3, 0.4) is 0 Å². The van der Waals surface area contributed by atoms with Gasteiger partial charge in [-0.1, -0.05) is 88.6 Å². The summed E-state index contributed by atoms with van der Waals surface area (Å²) in [6.45, 7) is 14.0. The summed E-state index contributed by atoms with van der Waals surface area (Å²) in [6, 6.07) is 9.25. The molecule has 0 aliphatic heterocycles. The second kappa shape index (κ2) is 9.42. The average Bonchev–Trinajstić information content (AvgIpc) is 2.41. The first-order valence-corrected chi connectivity index (χ1v) is 12.2. The van der Waals surface area contributed by atoms with Crippen molar-refractivity contribution in [2.24, 2.45) is 5.92 Å². The lowest BCUT2D eigenvalue weighted by atomic mass is 10.0. The van der Waals surface area contributed by atoms with Crippen molar-refractivity contribution in [3.05, 3.63) is 29.8 Å². The van der Waals surface area contributed by atoms with Crippen LogP contribution in [0.15, 0.2) is 24.3 Å². The summed E-state index contributed by atoms with van der Waals surface area (Å²) < 4.78 is 0. The number of nitrogens with one attached hydrogen (secondary N) is 1. The molecule has 0 saturated carbocycles. The monoisotopic (exact) mass is 305 g/mol. The van der Waals surface area contributed by atoms with E-state index >= 15 is 0 Å². The van der Waals surface area contributed by atoms with Crippen molar-refractivity contribution in [1.82, 2.24) is 5.32 Å². The zero-order valence-electron chi connectivity index (χ0n) is 14.8. The Bertz CT molecular complexity index is 376. The highest BCUT2D eigenvalue weighted by Crippen LogP contribution is 2.09. The Morgan fingerprint density at radius 3 is 2.10 bits per heavy atom. The first-order valence-electron chi connectivity index (χ1n) is 8.69. The molecule has 0 amide bonds. The molecule has 1 aromatic rings. The SMILES string of the molecule is CC(C)CCCCCCNCc1ccc([Si](C)(C)C)cc1. The summed E-state index contributed by atoms with van der Waals surface area (Å²) in [6.07, 6.45) is 6.86. The Morgan fingerprint density at radius 1 is 0.905 bits per heavy atom. The van der Waals surface area contributed by atoms with Crippen LogP contribution in [0, 0.1) is 5.92 Å². The molecule has 120 valence electrons. The molecule has 0 bridgehead atoms. The molecule has 1 rings (SSSR count).